The van der Waals surface area contributed by atoms with Gasteiger partial charge in [-0.2, -0.15) is 0 Å². The Labute approximate surface area is 234 Å². The lowest BCUT2D eigenvalue weighted by atomic mass is 9.89. The zero-order valence-corrected chi connectivity index (χ0v) is 24.0. The van der Waals surface area contributed by atoms with E-state index in [1.54, 1.807) is 33.8 Å². The van der Waals surface area contributed by atoms with Crippen LogP contribution in [0.25, 0.3) is 17.0 Å². The Morgan fingerprint density at radius 1 is 1.05 bits per heavy atom. The molecular weight excluding hydrogens is 510 g/mol. The summed E-state index contributed by atoms with van der Waals surface area (Å²) in [6.07, 6.45) is 4.14. The Morgan fingerprint density at radius 2 is 1.77 bits per heavy atom. The van der Waals surface area contributed by atoms with Crippen LogP contribution in [0, 0.1) is 11.3 Å². The molecule has 0 unspecified atom stereocenters. The fourth-order valence-corrected chi connectivity index (χ4v) is 4.75. The van der Waals surface area contributed by atoms with Gasteiger partial charge in [0.1, 0.15) is 24.2 Å². The third-order valence-electron chi connectivity index (χ3n) is 7.43. The topological polar surface area (TPSA) is 130 Å². The molecule has 2 aliphatic heterocycles. The molecule has 2 aromatic rings. The van der Waals surface area contributed by atoms with Gasteiger partial charge in [-0.1, -0.05) is 44.2 Å². The molecule has 4 atom stereocenters. The maximum Gasteiger partial charge on any atom is 0.325 e. The first kappa shape index (κ1) is 29.2. The maximum atomic E-state index is 13.3. The normalized spacial score (nSPS) is 26.4. The van der Waals surface area contributed by atoms with Crippen LogP contribution in [0.1, 0.15) is 71.7 Å². The number of hydrogen-bond acceptors (Lipinski definition) is 7. The van der Waals surface area contributed by atoms with Gasteiger partial charge in [0.15, 0.2) is 0 Å². The molecule has 10 heteroatoms. The number of fused-ring (bicyclic) bond motifs is 4. The van der Waals surface area contributed by atoms with Crippen molar-refractivity contribution in [3.63, 3.8) is 0 Å². The van der Waals surface area contributed by atoms with Gasteiger partial charge in [-0.25, -0.2) is 10.4 Å². The van der Waals surface area contributed by atoms with Gasteiger partial charge in [0.05, 0.1) is 16.6 Å². The number of nitrogens with one attached hydrogen (secondary N) is 3. The Hall–Kier alpha value is -3.79. The number of rotatable bonds is 1. The van der Waals surface area contributed by atoms with Gasteiger partial charge in [-0.05, 0) is 64.2 Å². The standard InChI is InChI=1S/C30H39N5O5/c1-17(2)25-26(36)31-18(3)27(37)35-15-7-8-23(34-35)28(38)40-19(4)22-12-11-21-10-9-20(16-24(21)32-22)13-14-30(5,6)29(39)33-25/h9-14,16-19,23,25,34H,7-8,15H2,1-6H3,(H,31,36)(H,33,39)/t18-,19+,23-,25-/m0/s1. The third kappa shape index (κ3) is 6.50. The summed E-state index contributed by atoms with van der Waals surface area (Å²) in [5.74, 6) is -1.84. The van der Waals surface area contributed by atoms with Crippen molar-refractivity contribution in [3.8, 4) is 0 Å². The summed E-state index contributed by atoms with van der Waals surface area (Å²) in [5, 5.41) is 7.90. The smallest absolute Gasteiger partial charge is 0.325 e. The van der Waals surface area contributed by atoms with E-state index in [0.29, 0.717) is 25.1 Å². The lowest BCUT2D eigenvalue weighted by Gasteiger charge is -2.35. The van der Waals surface area contributed by atoms with Crippen molar-refractivity contribution >= 4 is 40.7 Å². The number of aromatic nitrogens is 1. The fraction of sp³-hybridized carbons (Fsp3) is 0.500. The second kappa shape index (κ2) is 11.8. The highest BCUT2D eigenvalue weighted by molar-refractivity contribution is 5.94. The van der Waals surface area contributed by atoms with Gasteiger partial charge in [0.25, 0.3) is 5.91 Å². The lowest BCUT2D eigenvalue weighted by Crippen LogP contribution is -2.61. The average molecular weight is 550 g/mol. The van der Waals surface area contributed by atoms with E-state index in [-0.39, 0.29) is 17.7 Å². The first-order valence-corrected chi connectivity index (χ1v) is 13.8. The number of carbonyl (C=O) groups is 4. The number of hydrogen-bond donors (Lipinski definition) is 3. The number of esters is 1. The second-order valence-electron chi connectivity index (χ2n) is 11.6. The SMILES string of the molecule is CC(C)[C@@H]1NC(=O)C(C)(C)C=Cc2ccc3ccc(nc3c2)[C@@H](C)OC(=O)[C@@H]2CCCN(N2)C(=O)[C@H](C)NC1=O. The number of cyclic esters (lactones) is 1. The van der Waals surface area contributed by atoms with Crippen LogP contribution >= 0.6 is 0 Å². The van der Waals surface area contributed by atoms with Gasteiger partial charge in [-0.3, -0.25) is 24.2 Å². The summed E-state index contributed by atoms with van der Waals surface area (Å²) in [6.45, 7) is 11.0. The Kier molecular flexibility index (Phi) is 8.58. The van der Waals surface area contributed by atoms with Gasteiger partial charge >= 0.3 is 5.97 Å². The summed E-state index contributed by atoms with van der Waals surface area (Å²) >= 11 is 0. The van der Waals surface area contributed by atoms with Crippen molar-refractivity contribution < 1.29 is 23.9 Å². The van der Waals surface area contributed by atoms with Crippen molar-refractivity contribution in [2.75, 3.05) is 6.54 Å². The number of ether oxygens (including phenoxy) is 1. The molecule has 3 amide bonds. The maximum absolute atomic E-state index is 13.3. The minimum absolute atomic E-state index is 0.220. The van der Waals surface area contributed by atoms with E-state index in [9.17, 15) is 19.2 Å². The number of nitrogens with zero attached hydrogens (tertiary/aromatic N) is 2. The van der Waals surface area contributed by atoms with E-state index in [1.807, 2.05) is 50.3 Å². The zero-order chi connectivity index (χ0) is 29.2. The van der Waals surface area contributed by atoms with E-state index in [1.165, 1.54) is 5.01 Å². The molecule has 5 bridgehead atoms. The highest BCUT2D eigenvalue weighted by Crippen LogP contribution is 2.24. The molecule has 0 spiro atoms. The van der Waals surface area contributed by atoms with Crippen LogP contribution in [-0.2, 0) is 23.9 Å². The highest BCUT2D eigenvalue weighted by Gasteiger charge is 2.35. The summed E-state index contributed by atoms with van der Waals surface area (Å²) in [4.78, 5) is 57.5. The molecule has 40 heavy (non-hydrogen) atoms. The average Bonchev–Trinajstić information content (AvgIpc) is 2.92. The number of carbonyl (C=O) groups excluding carboxylic acids is 4. The Balaban J connectivity index is 1.70. The molecule has 0 saturated carbocycles. The monoisotopic (exact) mass is 549 g/mol. The molecule has 1 aromatic heterocycles. The molecular formula is C30H39N5O5. The second-order valence-corrected chi connectivity index (χ2v) is 11.6. The lowest BCUT2D eigenvalue weighted by molar-refractivity contribution is -0.157. The number of hydrazine groups is 1. The van der Waals surface area contributed by atoms with Crippen LogP contribution in [-0.4, -0.2) is 58.4 Å². The summed E-state index contributed by atoms with van der Waals surface area (Å²) in [7, 11) is 0. The van der Waals surface area contributed by atoms with Gasteiger partial charge in [0, 0.05) is 11.9 Å². The highest BCUT2D eigenvalue weighted by atomic mass is 16.5. The minimum Gasteiger partial charge on any atom is -0.455 e. The van der Waals surface area contributed by atoms with Crippen LogP contribution in [0.5, 0.6) is 0 Å². The molecule has 0 radical (unpaired) electrons. The summed E-state index contributed by atoms with van der Waals surface area (Å²) in [5.41, 5.74) is 4.24. The predicted molar refractivity (Wildman–Crippen MR) is 151 cm³/mol. The third-order valence-corrected chi connectivity index (χ3v) is 7.43. The zero-order valence-electron chi connectivity index (χ0n) is 24.0. The first-order chi connectivity index (χ1) is 18.9. The van der Waals surface area contributed by atoms with E-state index in [2.05, 4.69) is 16.1 Å². The van der Waals surface area contributed by atoms with E-state index in [4.69, 9.17) is 9.72 Å². The van der Waals surface area contributed by atoms with Crippen molar-refractivity contribution in [1.82, 2.24) is 26.1 Å². The molecule has 0 aliphatic carbocycles. The van der Waals surface area contributed by atoms with E-state index < -0.39 is 41.5 Å². The van der Waals surface area contributed by atoms with Crippen LogP contribution in [0.2, 0.25) is 0 Å². The number of pyridine rings is 1. The van der Waals surface area contributed by atoms with Gasteiger partial charge in [-0.15, -0.1) is 0 Å². The minimum atomic E-state index is -0.923. The Bertz CT molecular complexity index is 1340. The van der Waals surface area contributed by atoms with Gasteiger partial charge < -0.3 is 15.4 Å². The first-order valence-electron chi connectivity index (χ1n) is 13.8. The number of amides is 3. The van der Waals surface area contributed by atoms with Crippen LogP contribution < -0.4 is 16.1 Å². The molecule has 2 aliphatic rings. The summed E-state index contributed by atoms with van der Waals surface area (Å²) < 4.78 is 5.75. The van der Waals surface area contributed by atoms with Crippen molar-refractivity contribution in [2.24, 2.45) is 11.3 Å². The predicted octanol–water partition coefficient (Wildman–Crippen LogP) is 3.03. The quantitative estimate of drug-likeness (QED) is 0.466. The molecule has 10 nitrogen and oxygen atoms in total. The fourth-order valence-electron chi connectivity index (χ4n) is 4.75. The van der Waals surface area contributed by atoms with Crippen molar-refractivity contribution in [3.05, 3.63) is 47.7 Å². The molecule has 3 N–H and O–H groups in total. The van der Waals surface area contributed by atoms with Crippen LogP contribution in [0.4, 0.5) is 0 Å². The Morgan fingerprint density at radius 3 is 2.50 bits per heavy atom. The molecule has 1 aromatic carbocycles. The van der Waals surface area contributed by atoms with Crippen molar-refractivity contribution in [1.29, 1.82) is 0 Å². The molecule has 3 heterocycles. The van der Waals surface area contributed by atoms with E-state index in [0.717, 1.165) is 16.5 Å². The summed E-state index contributed by atoms with van der Waals surface area (Å²) in [6, 6.07) is 7.14. The van der Waals surface area contributed by atoms with E-state index >= 15 is 0 Å². The molecule has 1 fully saturated rings. The molecule has 214 valence electrons. The number of benzene rings is 1. The molecule has 1 saturated heterocycles. The van der Waals surface area contributed by atoms with Crippen LogP contribution in [0.3, 0.4) is 0 Å². The van der Waals surface area contributed by atoms with Crippen LogP contribution in [0.15, 0.2) is 36.4 Å². The van der Waals surface area contributed by atoms with Gasteiger partial charge in [0.2, 0.25) is 11.8 Å². The molecule has 4 rings (SSSR count). The largest absolute Gasteiger partial charge is 0.455 e. The van der Waals surface area contributed by atoms with Crippen molar-refractivity contribution in [2.45, 2.75) is 78.6 Å².